The van der Waals surface area contributed by atoms with Gasteiger partial charge in [-0.25, -0.2) is 0 Å². The van der Waals surface area contributed by atoms with Gasteiger partial charge in [-0.05, 0) is 67.3 Å². The summed E-state index contributed by atoms with van der Waals surface area (Å²) in [5, 5.41) is 3.08. The van der Waals surface area contributed by atoms with Crippen molar-refractivity contribution in [2.24, 2.45) is 5.92 Å². The first-order chi connectivity index (χ1) is 16.7. The molecule has 1 saturated carbocycles. The summed E-state index contributed by atoms with van der Waals surface area (Å²) in [6.45, 7) is 3.34. The Bertz CT molecular complexity index is 1020. The van der Waals surface area contributed by atoms with Crippen molar-refractivity contribution >= 4 is 23.2 Å². The van der Waals surface area contributed by atoms with Crippen LogP contribution in [-0.4, -0.2) is 36.3 Å². The maximum Gasteiger partial charge on any atom is 0.256 e. The summed E-state index contributed by atoms with van der Waals surface area (Å²) in [5.41, 5.74) is 5.16. The van der Waals surface area contributed by atoms with Crippen molar-refractivity contribution in [3.05, 3.63) is 59.2 Å². The zero-order valence-corrected chi connectivity index (χ0v) is 20.2. The van der Waals surface area contributed by atoms with E-state index in [0.29, 0.717) is 12.3 Å². The molecule has 2 aromatic carbocycles. The van der Waals surface area contributed by atoms with Crippen molar-refractivity contribution < 1.29 is 9.59 Å². The molecule has 1 N–H and O–H groups in total. The molecule has 0 bridgehead atoms. The molecule has 2 fully saturated rings. The van der Waals surface area contributed by atoms with Crippen molar-refractivity contribution in [2.45, 2.75) is 70.8 Å². The van der Waals surface area contributed by atoms with E-state index in [1.165, 1.54) is 43.2 Å². The number of nitrogens with zero attached hydrogens (tertiary/aromatic N) is 2. The average molecular weight is 460 g/mol. The van der Waals surface area contributed by atoms with Gasteiger partial charge in [-0.1, -0.05) is 49.9 Å². The minimum Gasteiger partial charge on any atom is -0.366 e. The fourth-order valence-corrected chi connectivity index (χ4v) is 5.89. The van der Waals surface area contributed by atoms with Crippen LogP contribution < -0.4 is 10.2 Å². The summed E-state index contributed by atoms with van der Waals surface area (Å²) in [5.74, 6) is 0.852. The van der Waals surface area contributed by atoms with Gasteiger partial charge in [-0.15, -0.1) is 0 Å². The summed E-state index contributed by atoms with van der Waals surface area (Å²) >= 11 is 0. The van der Waals surface area contributed by atoms with E-state index in [-0.39, 0.29) is 11.8 Å². The number of amides is 2. The first-order valence-electron chi connectivity index (χ1n) is 13.2. The highest BCUT2D eigenvalue weighted by atomic mass is 16.2. The quantitative estimate of drug-likeness (QED) is 0.595. The molecule has 1 saturated heterocycles. The Balaban J connectivity index is 1.36. The normalized spacial score (nSPS) is 18.6. The largest absolute Gasteiger partial charge is 0.366 e. The standard InChI is InChI=1S/C29H37N3O2/c33-28(15-12-22-8-2-3-9-22)30-25-13-14-27(26(20-25)29(34)31-17-6-1-7-18-31)32-19-16-23-10-4-5-11-24(23)21-32/h4-5,10-11,13-14,20,22H,1-3,6-9,12,15-19,21H2,(H,30,33). The average Bonchev–Trinajstić information content (AvgIpc) is 3.41. The minimum absolute atomic E-state index is 0.0583. The highest BCUT2D eigenvalue weighted by Crippen LogP contribution is 2.32. The zero-order valence-electron chi connectivity index (χ0n) is 20.2. The Kier molecular flexibility index (Phi) is 7.17. The predicted molar refractivity (Wildman–Crippen MR) is 137 cm³/mol. The number of likely N-dealkylation sites (tertiary alicyclic amines) is 1. The van der Waals surface area contributed by atoms with Crippen LogP contribution in [0, 0.1) is 5.92 Å². The summed E-state index contributed by atoms with van der Waals surface area (Å²) in [6, 6.07) is 14.5. The number of fused-ring (bicyclic) bond motifs is 1. The third-order valence-electron chi connectivity index (χ3n) is 7.88. The first-order valence-corrected chi connectivity index (χ1v) is 13.2. The number of hydrogen-bond acceptors (Lipinski definition) is 3. The van der Waals surface area contributed by atoms with Crippen LogP contribution in [0.25, 0.3) is 0 Å². The zero-order chi connectivity index (χ0) is 23.3. The van der Waals surface area contributed by atoms with Crippen LogP contribution in [0.5, 0.6) is 0 Å². The van der Waals surface area contributed by atoms with Gasteiger partial charge < -0.3 is 15.1 Å². The third-order valence-corrected chi connectivity index (χ3v) is 7.88. The molecule has 180 valence electrons. The smallest absolute Gasteiger partial charge is 0.256 e. The van der Waals surface area contributed by atoms with E-state index in [2.05, 4.69) is 34.5 Å². The van der Waals surface area contributed by atoms with Gasteiger partial charge in [0.05, 0.1) is 5.56 Å². The van der Waals surface area contributed by atoms with E-state index in [4.69, 9.17) is 0 Å². The van der Waals surface area contributed by atoms with E-state index < -0.39 is 0 Å². The van der Waals surface area contributed by atoms with Crippen LogP contribution in [0.15, 0.2) is 42.5 Å². The maximum atomic E-state index is 13.6. The van der Waals surface area contributed by atoms with Crippen molar-refractivity contribution in [2.75, 3.05) is 29.9 Å². The Morgan fingerprint density at radius 2 is 1.65 bits per heavy atom. The molecule has 0 unspecified atom stereocenters. The molecular weight excluding hydrogens is 422 g/mol. The molecular formula is C29H37N3O2. The number of anilines is 2. The number of rotatable bonds is 6. The Morgan fingerprint density at radius 1 is 0.882 bits per heavy atom. The summed E-state index contributed by atoms with van der Waals surface area (Å²) in [6.07, 6.45) is 11.0. The predicted octanol–water partition coefficient (Wildman–Crippen LogP) is 5.78. The highest BCUT2D eigenvalue weighted by molar-refractivity contribution is 6.02. The van der Waals surface area contributed by atoms with Crippen LogP contribution in [0.4, 0.5) is 11.4 Å². The third kappa shape index (κ3) is 5.29. The van der Waals surface area contributed by atoms with Crippen LogP contribution in [-0.2, 0) is 17.8 Å². The van der Waals surface area contributed by atoms with E-state index in [0.717, 1.165) is 68.8 Å². The van der Waals surface area contributed by atoms with Gasteiger partial charge >= 0.3 is 0 Å². The Morgan fingerprint density at radius 3 is 2.44 bits per heavy atom. The lowest BCUT2D eigenvalue weighted by Gasteiger charge is -2.34. The Hall–Kier alpha value is -2.82. The molecule has 0 atom stereocenters. The maximum absolute atomic E-state index is 13.6. The monoisotopic (exact) mass is 459 g/mol. The van der Waals surface area contributed by atoms with Crippen LogP contribution in [0.2, 0.25) is 0 Å². The topological polar surface area (TPSA) is 52.7 Å². The number of carbonyl (C=O) groups is 2. The molecule has 5 heteroatoms. The van der Waals surface area contributed by atoms with Gasteiger partial charge in [-0.3, -0.25) is 9.59 Å². The van der Waals surface area contributed by atoms with Crippen molar-refractivity contribution in [1.82, 2.24) is 4.90 Å². The van der Waals surface area contributed by atoms with E-state index >= 15 is 0 Å². The second-order valence-electron chi connectivity index (χ2n) is 10.3. The summed E-state index contributed by atoms with van der Waals surface area (Å²) in [7, 11) is 0. The summed E-state index contributed by atoms with van der Waals surface area (Å²) < 4.78 is 0. The molecule has 5 rings (SSSR count). The first kappa shape index (κ1) is 22.9. The fraction of sp³-hybridized carbons (Fsp3) is 0.517. The lowest BCUT2D eigenvalue weighted by Crippen LogP contribution is -2.38. The number of piperidine rings is 1. The summed E-state index contributed by atoms with van der Waals surface area (Å²) in [4.78, 5) is 30.6. The van der Waals surface area contributed by atoms with E-state index in [1.807, 2.05) is 23.1 Å². The molecule has 0 spiro atoms. The number of hydrogen-bond donors (Lipinski definition) is 1. The molecule has 5 nitrogen and oxygen atoms in total. The van der Waals surface area contributed by atoms with E-state index in [9.17, 15) is 9.59 Å². The number of carbonyl (C=O) groups excluding carboxylic acids is 2. The van der Waals surface area contributed by atoms with Crippen LogP contribution in [0.3, 0.4) is 0 Å². The number of benzene rings is 2. The van der Waals surface area contributed by atoms with Crippen molar-refractivity contribution in [3.63, 3.8) is 0 Å². The molecule has 2 aliphatic heterocycles. The van der Waals surface area contributed by atoms with Gasteiger partial charge in [0.1, 0.15) is 0 Å². The second kappa shape index (κ2) is 10.6. The molecule has 1 aliphatic carbocycles. The minimum atomic E-state index is 0.0583. The molecule has 2 aromatic rings. The molecule has 2 heterocycles. The lowest BCUT2D eigenvalue weighted by molar-refractivity contribution is -0.116. The van der Waals surface area contributed by atoms with Gasteiger partial charge in [0.2, 0.25) is 5.91 Å². The van der Waals surface area contributed by atoms with Crippen LogP contribution in [0.1, 0.15) is 79.3 Å². The van der Waals surface area contributed by atoms with Crippen molar-refractivity contribution in [1.29, 1.82) is 0 Å². The Labute approximate surface area is 203 Å². The van der Waals surface area contributed by atoms with E-state index in [1.54, 1.807) is 0 Å². The van der Waals surface area contributed by atoms with Crippen LogP contribution >= 0.6 is 0 Å². The van der Waals surface area contributed by atoms with Gasteiger partial charge in [0.15, 0.2) is 0 Å². The highest BCUT2D eigenvalue weighted by Gasteiger charge is 2.26. The fourth-order valence-electron chi connectivity index (χ4n) is 5.89. The molecule has 0 radical (unpaired) electrons. The second-order valence-corrected chi connectivity index (χ2v) is 10.3. The molecule has 0 aromatic heterocycles. The van der Waals surface area contributed by atoms with Gasteiger partial charge in [0.25, 0.3) is 5.91 Å². The number of nitrogens with one attached hydrogen (secondary N) is 1. The van der Waals surface area contributed by atoms with Gasteiger partial charge in [0, 0.05) is 44.0 Å². The molecule has 34 heavy (non-hydrogen) atoms. The SMILES string of the molecule is O=C(CCC1CCCC1)Nc1ccc(N2CCc3ccccc3C2)c(C(=O)N2CCCCC2)c1. The molecule has 3 aliphatic rings. The molecule has 2 amide bonds. The lowest BCUT2D eigenvalue weighted by atomic mass is 9.98. The van der Waals surface area contributed by atoms with Crippen molar-refractivity contribution in [3.8, 4) is 0 Å². The van der Waals surface area contributed by atoms with Gasteiger partial charge in [-0.2, -0.15) is 0 Å².